The Bertz CT molecular complexity index is 447. The lowest BCUT2D eigenvalue weighted by atomic mass is 10.1. The minimum atomic E-state index is 0.437. The third-order valence-electron chi connectivity index (χ3n) is 2.44. The molecule has 0 saturated heterocycles. The summed E-state index contributed by atoms with van der Waals surface area (Å²) in [6.07, 6.45) is 1.05. The van der Waals surface area contributed by atoms with Crippen LogP contribution >= 0.6 is 43.2 Å². The maximum absolute atomic E-state index is 5.51. The van der Waals surface area contributed by atoms with E-state index >= 15 is 0 Å². The van der Waals surface area contributed by atoms with Crippen molar-refractivity contribution in [2.45, 2.75) is 25.9 Å². The summed E-state index contributed by atoms with van der Waals surface area (Å²) in [6, 6.07) is 4.59. The van der Waals surface area contributed by atoms with Gasteiger partial charge in [0.15, 0.2) is 4.67 Å². The molecule has 1 N–H and O–H groups in total. The molecule has 0 aliphatic heterocycles. The Morgan fingerprint density at radius 2 is 2.29 bits per heavy atom. The van der Waals surface area contributed by atoms with Crippen LogP contribution in [0.25, 0.3) is 0 Å². The molecule has 0 aliphatic carbocycles. The van der Waals surface area contributed by atoms with E-state index in [1.807, 2.05) is 6.07 Å². The Hall–Kier alpha value is -0.100. The molecule has 1 atom stereocenters. The fraction of sp³-hybridized carbons (Fsp3) is 0.333. The maximum atomic E-state index is 5.51. The first-order chi connectivity index (χ1) is 8.15. The van der Waals surface area contributed by atoms with Crippen LogP contribution in [0.2, 0.25) is 0 Å². The SMILES string of the molecule is CC(Cc1ccsc1)NCc1cc(Br)c(Br)o1. The fourth-order valence-electron chi connectivity index (χ4n) is 1.59. The van der Waals surface area contributed by atoms with Crippen molar-refractivity contribution >= 4 is 43.2 Å². The summed E-state index contributed by atoms with van der Waals surface area (Å²) in [5.41, 5.74) is 1.39. The van der Waals surface area contributed by atoms with Crippen molar-refractivity contribution in [1.29, 1.82) is 0 Å². The van der Waals surface area contributed by atoms with Gasteiger partial charge in [-0.05, 0) is 73.7 Å². The quantitative estimate of drug-likeness (QED) is 0.823. The van der Waals surface area contributed by atoms with Crippen LogP contribution in [0.3, 0.4) is 0 Å². The lowest BCUT2D eigenvalue weighted by Gasteiger charge is -2.11. The zero-order chi connectivity index (χ0) is 12.3. The predicted octanol–water partition coefficient (Wildman–Crippen LogP) is 4.59. The molecule has 0 spiro atoms. The minimum Gasteiger partial charge on any atom is -0.452 e. The molecule has 0 fully saturated rings. The van der Waals surface area contributed by atoms with Crippen LogP contribution < -0.4 is 5.32 Å². The van der Waals surface area contributed by atoms with E-state index in [9.17, 15) is 0 Å². The first-order valence-electron chi connectivity index (χ1n) is 5.33. The van der Waals surface area contributed by atoms with Crippen LogP contribution in [-0.2, 0) is 13.0 Å². The molecule has 2 aromatic heterocycles. The summed E-state index contributed by atoms with van der Waals surface area (Å²) in [6.45, 7) is 2.93. The second-order valence-corrected chi connectivity index (χ2v) is 6.31. The number of rotatable bonds is 5. The van der Waals surface area contributed by atoms with Crippen molar-refractivity contribution in [2.24, 2.45) is 0 Å². The standard InChI is InChI=1S/C12H13Br2NOS/c1-8(4-9-2-3-17-7-9)15-6-10-5-11(13)12(14)16-10/h2-3,5,7-8,15H,4,6H2,1H3. The van der Waals surface area contributed by atoms with E-state index in [1.165, 1.54) is 5.56 Å². The number of hydrogen-bond acceptors (Lipinski definition) is 3. The first-order valence-corrected chi connectivity index (χ1v) is 7.86. The van der Waals surface area contributed by atoms with Gasteiger partial charge >= 0.3 is 0 Å². The predicted molar refractivity (Wildman–Crippen MR) is 78.4 cm³/mol. The Morgan fingerprint density at radius 3 is 2.88 bits per heavy atom. The van der Waals surface area contributed by atoms with Crippen molar-refractivity contribution in [3.8, 4) is 0 Å². The normalized spacial score (nSPS) is 12.9. The highest BCUT2D eigenvalue weighted by atomic mass is 79.9. The third-order valence-corrected chi connectivity index (χ3v) is 4.89. The van der Waals surface area contributed by atoms with E-state index in [4.69, 9.17) is 4.42 Å². The fourth-order valence-corrected chi connectivity index (χ4v) is 2.93. The lowest BCUT2D eigenvalue weighted by Crippen LogP contribution is -2.27. The first kappa shape index (κ1) is 13.3. The molecule has 0 aliphatic rings. The zero-order valence-electron chi connectivity index (χ0n) is 9.37. The summed E-state index contributed by atoms with van der Waals surface area (Å²) >= 11 is 8.48. The Labute approximate surface area is 122 Å². The largest absolute Gasteiger partial charge is 0.452 e. The number of nitrogens with one attached hydrogen (secondary N) is 1. The number of halogens is 2. The van der Waals surface area contributed by atoms with Gasteiger partial charge in [0.05, 0.1) is 11.0 Å². The molecule has 0 aromatic carbocycles. The molecule has 0 amide bonds. The van der Waals surface area contributed by atoms with Crippen LogP contribution in [0.4, 0.5) is 0 Å². The van der Waals surface area contributed by atoms with Crippen molar-refractivity contribution in [1.82, 2.24) is 5.32 Å². The molecule has 0 saturated carbocycles. The van der Waals surface area contributed by atoms with E-state index in [0.29, 0.717) is 6.04 Å². The monoisotopic (exact) mass is 377 g/mol. The van der Waals surface area contributed by atoms with Gasteiger partial charge in [0, 0.05) is 6.04 Å². The van der Waals surface area contributed by atoms with Gasteiger partial charge in [0.2, 0.25) is 0 Å². The van der Waals surface area contributed by atoms with Gasteiger partial charge in [-0.15, -0.1) is 0 Å². The van der Waals surface area contributed by atoms with Gasteiger partial charge in [-0.2, -0.15) is 11.3 Å². The average molecular weight is 379 g/mol. The number of hydrogen-bond donors (Lipinski definition) is 1. The summed E-state index contributed by atoms with van der Waals surface area (Å²) in [5.74, 6) is 0.931. The Kier molecular flexibility index (Phi) is 4.85. The topological polar surface area (TPSA) is 25.2 Å². The molecule has 2 aromatic rings. The van der Waals surface area contributed by atoms with Gasteiger partial charge in [-0.25, -0.2) is 0 Å². The van der Waals surface area contributed by atoms with Gasteiger partial charge in [-0.1, -0.05) is 0 Å². The summed E-state index contributed by atoms with van der Waals surface area (Å²) in [7, 11) is 0. The molecule has 92 valence electrons. The van der Waals surface area contributed by atoms with Crippen molar-refractivity contribution < 1.29 is 4.42 Å². The summed E-state index contributed by atoms with van der Waals surface area (Å²) < 4.78 is 7.22. The van der Waals surface area contributed by atoms with E-state index in [-0.39, 0.29) is 0 Å². The highest BCUT2D eigenvalue weighted by molar-refractivity contribution is 9.13. The summed E-state index contributed by atoms with van der Waals surface area (Å²) in [5, 5.41) is 7.75. The number of furan rings is 1. The van der Waals surface area contributed by atoms with Gasteiger partial charge in [0.1, 0.15) is 5.76 Å². The summed E-state index contributed by atoms with van der Waals surface area (Å²) in [4.78, 5) is 0. The van der Waals surface area contributed by atoms with Crippen LogP contribution in [0, 0.1) is 0 Å². The van der Waals surface area contributed by atoms with E-state index in [1.54, 1.807) is 11.3 Å². The molecular weight excluding hydrogens is 366 g/mol. The van der Waals surface area contributed by atoms with Gasteiger partial charge in [-0.3, -0.25) is 0 Å². The Morgan fingerprint density at radius 1 is 1.47 bits per heavy atom. The van der Waals surface area contributed by atoms with Crippen molar-refractivity contribution in [3.05, 3.63) is 43.4 Å². The maximum Gasteiger partial charge on any atom is 0.183 e. The molecule has 2 nitrogen and oxygen atoms in total. The zero-order valence-corrected chi connectivity index (χ0v) is 13.4. The highest BCUT2D eigenvalue weighted by Gasteiger charge is 2.08. The molecule has 0 bridgehead atoms. The molecular formula is C12H13Br2NOS. The van der Waals surface area contributed by atoms with Crippen molar-refractivity contribution in [3.63, 3.8) is 0 Å². The van der Waals surface area contributed by atoms with Crippen molar-refractivity contribution in [2.75, 3.05) is 0 Å². The Balaban J connectivity index is 1.81. The number of thiophene rings is 1. The smallest absolute Gasteiger partial charge is 0.183 e. The minimum absolute atomic E-state index is 0.437. The van der Waals surface area contributed by atoms with Gasteiger partial charge in [0.25, 0.3) is 0 Å². The molecule has 17 heavy (non-hydrogen) atoms. The van der Waals surface area contributed by atoms with Crippen LogP contribution in [0.1, 0.15) is 18.2 Å². The molecule has 0 radical (unpaired) electrons. The van der Waals surface area contributed by atoms with E-state index < -0.39 is 0 Å². The average Bonchev–Trinajstić information content (AvgIpc) is 2.87. The van der Waals surface area contributed by atoms with E-state index in [0.717, 1.165) is 27.9 Å². The second kappa shape index (κ2) is 6.18. The highest BCUT2D eigenvalue weighted by Crippen LogP contribution is 2.26. The van der Waals surface area contributed by atoms with Crippen LogP contribution in [-0.4, -0.2) is 6.04 Å². The van der Waals surface area contributed by atoms with Crippen LogP contribution in [0.5, 0.6) is 0 Å². The molecule has 1 unspecified atom stereocenters. The third kappa shape index (κ3) is 3.95. The molecule has 5 heteroatoms. The van der Waals surface area contributed by atoms with E-state index in [2.05, 4.69) is 60.9 Å². The lowest BCUT2D eigenvalue weighted by molar-refractivity contribution is 0.441. The van der Waals surface area contributed by atoms with Crippen LogP contribution in [0.15, 0.2) is 36.5 Å². The molecule has 2 rings (SSSR count). The van der Waals surface area contributed by atoms with Gasteiger partial charge < -0.3 is 9.73 Å². The second-order valence-electron chi connectivity index (χ2n) is 3.95. The molecule has 2 heterocycles.